The number of hydrogen-bond donors (Lipinski definition) is 1. The Balaban J connectivity index is 0.000000640. The predicted molar refractivity (Wildman–Crippen MR) is 35.0 cm³/mol. The number of piperazine rings is 1. The first-order valence-electron chi connectivity index (χ1n) is 3.36. The average Bonchev–Trinajstić information content (AvgIpc) is 1.90. The number of nitrogens with one attached hydrogen (secondary N) is 1. The van der Waals surface area contributed by atoms with Crippen LogP contribution < -0.4 is 5.32 Å². The van der Waals surface area contributed by atoms with Crippen LogP contribution in [0.3, 0.4) is 0 Å². The van der Waals surface area contributed by atoms with Gasteiger partial charge in [-0.3, -0.25) is 0 Å². The minimum absolute atomic E-state index is 0. The third kappa shape index (κ3) is 3.26. The van der Waals surface area contributed by atoms with E-state index in [1.807, 2.05) is 0 Å². The van der Waals surface area contributed by atoms with E-state index in [0.717, 1.165) is 0 Å². The molecule has 1 heterocycles. The molecule has 1 aliphatic heterocycles. The van der Waals surface area contributed by atoms with E-state index in [2.05, 4.69) is 17.1 Å². The number of hydrogen-bond acceptors (Lipinski definition) is 2. The molecule has 0 aromatic heterocycles. The number of rotatable bonds is 1. The summed E-state index contributed by atoms with van der Waals surface area (Å²) in [5.74, 6) is 0. The molecule has 0 atom stereocenters. The van der Waals surface area contributed by atoms with Gasteiger partial charge in [-0.1, -0.05) is 6.92 Å². The zero-order valence-electron chi connectivity index (χ0n) is 5.93. The second-order valence-electron chi connectivity index (χ2n) is 2.18. The molecule has 1 rings (SSSR count). The van der Waals surface area contributed by atoms with Crippen molar-refractivity contribution in [2.45, 2.75) is 6.92 Å². The summed E-state index contributed by atoms with van der Waals surface area (Å²) in [5, 5.41) is 3.31. The molecule has 1 fully saturated rings. The van der Waals surface area contributed by atoms with Crippen LogP contribution in [0.5, 0.6) is 0 Å². The Bertz CT molecular complexity index is 62.1. The van der Waals surface area contributed by atoms with E-state index in [1.54, 1.807) is 0 Å². The fourth-order valence-corrected chi connectivity index (χ4v) is 1.03. The summed E-state index contributed by atoms with van der Waals surface area (Å²) in [4.78, 5) is 2.45. The molecule has 1 radical (unpaired) electrons. The number of likely N-dealkylation sites (N-methyl/N-ethyl adjacent to an activating group) is 1. The molecule has 0 saturated carbocycles. The molecule has 0 unspecified atom stereocenters. The van der Waals surface area contributed by atoms with Crippen LogP contribution in [-0.2, 0) is 18.6 Å². The predicted octanol–water partition coefficient (Wildman–Crippen LogP) is -0.0910. The smallest absolute Gasteiger partial charge is 0.0107 e. The van der Waals surface area contributed by atoms with Crippen LogP contribution in [0.25, 0.3) is 0 Å². The average molecular weight is 165 g/mol. The minimum atomic E-state index is 0. The van der Waals surface area contributed by atoms with Crippen LogP contribution in [0.4, 0.5) is 0 Å². The molecular formula is C6H14N2V. The minimum Gasteiger partial charge on any atom is -0.314 e. The normalized spacial score (nSPS) is 21.0. The largest absolute Gasteiger partial charge is 0.314 e. The van der Waals surface area contributed by atoms with Gasteiger partial charge in [-0.05, 0) is 6.54 Å². The zero-order chi connectivity index (χ0) is 5.82. The SMILES string of the molecule is CCN1CCNCC1.[V]. The van der Waals surface area contributed by atoms with Crippen molar-refractivity contribution in [1.29, 1.82) is 0 Å². The molecule has 1 N–H and O–H groups in total. The third-order valence-electron chi connectivity index (χ3n) is 1.66. The molecular weight excluding hydrogens is 151 g/mol. The molecule has 0 aliphatic carbocycles. The standard InChI is InChI=1S/C6H14N2.V/c1-2-8-5-3-7-4-6-8;/h7H,2-6H2,1H3;. The Labute approximate surface area is 68.9 Å². The Morgan fingerprint density at radius 3 is 2.22 bits per heavy atom. The van der Waals surface area contributed by atoms with E-state index in [1.165, 1.54) is 32.7 Å². The summed E-state index contributed by atoms with van der Waals surface area (Å²) in [6, 6.07) is 0. The fourth-order valence-electron chi connectivity index (χ4n) is 1.03. The fraction of sp³-hybridized carbons (Fsp3) is 1.00. The van der Waals surface area contributed by atoms with Gasteiger partial charge in [-0.15, -0.1) is 0 Å². The molecule has 3 heteroatoms. The van der Waals surface area contributed by atoms with Crippen molar-refractivity contribution in [3.8, 4) is 0 Å². The summed E-state index contributed by atoms with van der Waals surface area (Å²) in [6.45, 7) is 8.24. The molecule has 1 saturated heterocycles. The first-order valence-corrected chi connectivity index (χ1v) is 3.36. The van der Waals surface area contributed by atoms with E-state index in [-0.39, 0.29) is 18.6 Å². The first-order chi connectivity index (χ1) is 3.93. The van der Waals surface area contributed by atoms with Gasteiger partial charge in [0.15, 0.2) is 0 Å². The second-order valence-corrected chi connectivity index (χ2v) is 2.18. The summed E-state index contributed by atoms with van der Waals surface area (Å²) < 4.78 is 0. The van der Waals surface area contributed by atoms with Gasteiger partial charge in [0.1, 0.15) is 0 Å². The van der Waals surface area contributed by atoms with Crippen molar-refractivity contribution in [3.63, 3.8) is 0 Å². The van der Waals surface area contributed by atoms with Gasteiger partial charge < -0.3 is 10.2 Å². The molecule has 1 aliphatic rings. The third-order valence-corrected chi connectivity index (χ3v) is 1.66. The summed E-state index contributed by atoms with van der Waals surface area (Å²) in [6.07, 6.45) is 0. The van der Waals surface area contributed by atoms with Crippen molar-refractivity contribution >= 4 is 0 Å². The van der Waals surface area contributed by atoms with Gasteiger partial charge in [0, 0.05) is 44.7 Å². The molecule has 0 aromatic rings. The van der Waals surface area contributed by atoms with E-state index in [9.17, 15) is 0 Å². The molecule has 9 heavy (non-hydrogen) atoms. The van der Waals surface area contributed by atoms with Crippen molar-refractivity contribution in [3.05, 3.63) is 0 Å². The van der Waals surface area contributed by atoms with Crippen molar-refractivity contribution in [2.24, 2.45) is 0 Å². The monoisotopic (exact) mass is 165 g/mol. The van der Waals surface area contributed by atoms with Crippen LogP contribution in [0, 0.1) is 0 Å². The van der Waals surface area contributed by atoms with Crippen molar-refractivity contribution < 1.29 is 18.6 Å². The van der Waals surface area contributed by atoms with Crippen molar-refractivity contribution in [1.82, 2.24) is 10.2 Å². The topological polar surface area (TPSA) is 15.3 Å². The van der Waals surface area contributed by atoms with Gasteiger partial charge in [-0.2, -0.15) is 0 Å². The van der Waals surface area contributed by atoms with Crippen molar-refractivity contribution in [2.75, 3.05) is 32.7 Å². The summed E-state index contributed by atoms with van der Waals surface area (Å²) >= 11 is 0. The molecule has 0 amide bonds. The number of nitrogens with zero attached hydrogens (tertiary/aromatic N) is 1. The van der Waals surface area contributed by atoms with Crippen LogP contribution in [-0.4, -0.2) is 37.6 Å². The molecule has 0 aromatic carbocycles. The Morgan fingerprint density at radius 1 is 1.33 bits per heavy atom. The van der Waals surface area contributed by atoms with Gasteiger partial charge in [0.2, 0.25) is 0 Å². The van der Waals surface area contributed by atoms with Gasteiger partial charge in [-0.25, -0.2) is 0 Å². The Morgan fingerprint density at radius 2 is 1.89 bits per heavy atom. The maximum Gasteiger partial charge on any atom is 0.0107 e. The Kier molecular flexibility index (Phi) is 5.60. The zero-order valence-corrected chi connectivity index (χ0v) is 7.33. The van der Waals surface area contributed by atoms with Gasteiger partial charge >= 0.3 is 0 Å². The van der Waals surface area contributed by atoms with Gasteiger partial charge in [0.05, 0.1) is 0 Å². The quantitative estimate of drug-likeness (QED) is 0.584. The Hall–Kier alpha value is 0.504. The molecule has 0 spiro atoms. The second kappa shape index (κ2) is 5.30. The van der Waals surface area contributed by atoms with Crippen LogP contribution in [0.2, 0.25) is 0 Å². The maximum atomic E-state index is 3.31. The maximum absolute atomic E-state index is 3.31. The summed E-state index contributed by atoms with van der Waals surface area (Å²) in [7, 11) is 0. The van der Waals surface area contributed by atoms with E-state index in [0.29, 0.717) is 0 Å². The van der Waals surface area contributed by atoms with Crippen LogP contribution >= 0.6 is 0 Å². The molecule has 0 bridgehead atoms. The van der Waals surface area contributed by atoms with E-state index in [4.69, 9.17) is 0 Å². The molecule has 2 nitrogen and oxygen atoms in total. The summed E-state index contributed by atoms with van der Waals surface area (Å²) in [5.41, 5.74) is 0. The van der Waals surface area contributed by atoms with E-state index >= 15 is 0 Å². The van der Waals surface area contributed by atoms with E-state index < -0.39 is 0 Å². The van der Waals surface area contributed by atoms with Crippen LogP contribution in [0.15, 0.2) is 0 Å². The van der Waals surface area contributed by atoms with Crippen LogP contribution in [0.1, 0.15) is 6.92 Å². The van der Waals surface area contributed by atoms with Gasteiger partial charge in [0.25, 0.3) is 0 Å². The molecule has 53 valence electrons. The first kappa shape index (κ1) is 9.50.